The maximum Gasteiger partial charge on any atom is 0.259 e. The van der Waals surface area contributed by atoms with Gasteiger partial charge in [-0.05, 0) is 54.8 Å². The Labute approximate surface area is 167 Å². The van der Waals surface area contributed by atoms with Crippen molar-refractivity contribution >= 4 is 29.5 Å². The molecule has 2 aromatic carbocycles. The third-order valence-corrected chi connectivity index (χ3v) is 5.10. The van der Waals surface area contributed by atoms with Gasteiger partial charge in [0, 0.05) is 24.4 Å². The standard InChI is InChI=1S/C21H20ClFN2O3/c1-12-3-4-15-10-25(13(2)11-26)8-7-16(15)19(12)21(28)24-20(27)14-5-6-17(22)18(23)9-14/h3-9,13,26H,10-11H2,1-2H3,(H,24,27,28)/t13-/m1/s1. The predicted octanol–water partition coefficient (Wildman–Crippen LogP) is 3.52. The molecular weight excluding hydrogens is 383 g/mol. The zero-order valence-electron chi connectivity index (χ0n) is 15.5. The Hall–Kier alpha value is -2.70. The number of nitrogens with one attached hydrogen (secondary N) is 1. The van der Waals surface area contributed by atoms with Crippen molar-refractivity contribution in [2.45, 2.75) is 26.4 Å². The molecule has 1 atom stereocenters. The fourth-order valence-corrected chi connectivity index (χ4v) is 3.22. The van der Waals surface area contributed by atoms with Gasteiger partial charge < -0.3 is 10.0 Å². The molecule has 0 saturated carbocycles. The monoisotopic (exact) mass is 402 g/mol. The predicted molar refractivity (Wildman–Crippen MR) is 106 cm³/mol. The number of aliphatic hydroxyl groups excluding tert-OH is 1. The molecule has 0 aliphatic carbocycles. The zero-order valence-corrected chi connectivity index (χ0v) is 16.3. The van der Waals surface area contributed by atoms with Crippen LogP contribution in [0.2, 0.25) is 5.02 Å². The minimum atomic E-state index is -0.726. The molecule has 1 aliphatic heterocycles. The van der Waals surface area contributed by atoms with Gasteiger partial charge in [0.2, 0.25) is 0 Å². The molecule has 28 heavy (non-hydrogen) atoms. The summed E-state index contributed by atoms with van der Waals surface area (Å²) in [6, 6.07) is 7.32. The average Bonchev–Trinajstić information content (AvgIpc) is 2.68. The Morgan fingerprint density at radius 3 is 2.71 bits per heavy atom. The number of imide groups is 1. The molecule has 2 amide bonds. The van der Waals surface area contributed by atoms with Crippen LogP contribution in [-0.2, 0) is 6.54 Å². The summed E-state index contributed by atoms with van der Waals surface area (Å²) >= 11 is 5.63. The van der Waals surface area contributed by atoms with E-state index in [4.69, 9.17) is 11.6 Å². The summed E-state index contributed by atoms with van der Waals surface area (Å²) in [5.41, 5.74) is 2.78. The first-order chi connectivity index (χ1) is 13.3. The number of aryl methyl sites for hydroxylation is 1. The van der Waals surface area contributed by atoms with E-state index in [0.29, 0.717) is 12.1 Å². The van der Waals surface area contributed by atoms with Crippen LogP contribution in [-0.4, -0.2) is 34.5 Å². The van der Waals surface area contributed by atoms with Gasteiger partial charge in [0.1, 0.15) is 5.82 Å². The highest BCUT2D eigenvalue weighted by molar-refractivity contribution is 6.30. The lowest BCUT2D eigenvalue weighted by Gasteiger charge is -2.31. The Kier molecular flexibility index (Phi) is 5.82. The first kappa shape index (κ1) is 20.0. The highest BCUT2D eigenvalue weighted by Crippen LogP contribution is 2.27. The lowest BCUT2D eigenvalue weighted by Crippen LogP contribution is -2.34. The van der Waals surface area contributed by atoms with Gasteiger partial charge in [-0.1, -0.05) is 23.7 Å². The summed E-state index contributed by atoms with van der Waals surface area (Å²) in [5.74, 6) is -1.98. The van der Waals surface area contributed by atoms with E-state index >= 15 is 0 Å². The molecule has 1 aliphatic rings. The highest BCUT2D eigenvalue weighted by atomic mass is 35.5. The molecule has 1 heterocycles. The SMILES string of the molecule is Cc1ccc2c(c1C(=O)NC(=O)c1ccc(Cl)c(F)c1)C=CN([C@H](C)CO)C2. The molecule has 0 saturated heterocycles. The summed E-state index contributed by atoms with van der Waals surface area (Å²) in [6.45, 7) is 4.26. The van der Waals surface area contributed by atoms with Crippen LogP contribution in [0.15, 0.2) is 36.5 Å². The number of halogens is 2. The molecule has 7 heteroatoms. The molecule has 5 nitrogen and oxygen atoms in total. The van der Waals surface area contributed by atoms with E-state index in [2.05, 4.69) is 5.32 Å². The van der Waals surface area contributed by atoms with E-state index < -0.39 is 17.6 Å². The van der Waals surface area contributed by atoms with E-state index in [1.165, 1.54) is 12.1 Å². The maximum absolute atomic E-state index is 13.6. The van der Waals surface area contributed by atoms with Gasteiger partial charge in [0.25, 0.3) is 11.8 Å². The van der Waals surface area contributed by atoms with E-state index in [9.17, 15) is 19.1 Å². The number of benzene rings is 2. The number of amides is 2. The van der Waals surface area contributed by atoms with E-state index in [-0.39, 0.29) is 23.2 Å². The lowest BCUT2D eigenvalue weighted by atomic mass is 9.93. The second-order valence-electron chi connectivity index (χ2n) is 6.76. The number of carbonyl (C=O) groups is 2. The smallest absolute Gasteiger partial charge is 0.259 e. The number of fused-ring (bicyclic) bond motifs is 1. The molecule has 146 valence electrons. The zero-order chi connectivity index (χ0) is 20.4. The molecule has 0 radical (unpaired) electrons. The molecule has 0 aromatic heterocycles. The topological polar surface area (TPSA) is 69.6 Å². The van der Waals surface area contributed by atoms with Crippen molar-refractivity contribution in [1.29, 1.82) is 0 Å². The van der Waals surface area contributed by atoms with Gasteiger partial charge in [0.05, 0.1) is 17.2 Å². The molecule has 0 fully saturated rings. The average molecular weight is 403 g/mol. The van der Waals surface area contributed by atoms with Gasteiger partial charge in [-0.2, -0.15) is 0 Å². The number of carbonyl (C=O) groups excluding carboxylic acids is 2. The third kappa shape index (κ3) is 3.93. The van der Waals surface area contributed by atoms with Crippen molar-refractivity contribution in [2.24, 2.45) is 0 Å². The third-order valence-electron chi connectivity index (χ3n) is 4.80. The van der Waals surface area contributed by atoms with Crippen molar-refractivity contribution in [2.75, 3.05) is 6.61 Å². The van der Waals surface area contributed by atoms with Gasteiger partial charge in [0.15, 0.2) is 0 Å². The molecular formula is C21H20ClFN2O3. The quantitative estimate of drug-likeness (QED) is 0.768. The van der Waals surface area contributed by atoms with Gasteiger partial charge in [-0.15, -0.1) is 0 Å². The van der Waals surface area contributed by atoms with E-state index in [1.807, 2.05) is 30.2 Å². The molecule has 0 spiro atoms. The van der Waals surface area contributed by atoms with Crippen molar-refractivity contribution in [3.05, 3.63) is 75.2 Å². The minimum absolute atomic E-state index is 0.0104. The number of nitrogens with zero attached hydrogens (tertiary/aromatic N) is 1. The summed E-state index contributed by atoms with van der Waals surface area (Å²) in [7, 11) is 0. The van der Waals surface area contributed by atoms with E-state index in [0.717, 1.165) is 22.8 Å². The van der Waals surface area contributed by atoms with Crippen LogP contribution in [0.5, 0.6) is 0 Å². The Bertz CT molecular complexity index is 974. The highest BCUT2D eigenvalue weighted by Gasteiger charge is 2.23. The van der Waals surface area contributed by atoms with Crippen molar-refractivity contribution < 1.29 is 19.1 Å². The van der Waals surface area contributed by atoms with Crippen LogP contribution >= 0.6 is 11.6 Å². The normalized spacial score (nSPS) is 13.8. The Balaban J connectivity index is 1.87. The van der Waals surface area contributed by atoms with Crippen molar-refractivity contribution in [3.63, 3.8) is 0 Å². The van der Waals surface area contributed by atoms with Crippen LogP contribution in [0.4, 0.5) is 4.39 Å². The van der Waals surface area contributed by atoms with Crippen molar-refractivity contribution in [3.8, 4) is 0 Å². The maximum atomic E-state index is 13.6. The summed E-state index contributed by atoms with van der Waals surface area (Å²) in [6.07, 6.45) is 3.63. The number of hydrogen-bond donors (Lipinski definition) is 2. The first-order valence-corrected chi connectivity index (χ1v) is 9.17. The largest absolute Gasteiger partial charge is 0.394 e. The van der Waals surface area contributed by atoms with Crippen LogP contribution in [0.3, 0.4) is 0 Å². The second kappa shape index (κ2) is 8.12. The molecule has 2 N–H and O–H groups in total. The van der Waals surface area contributed by atoms with Crippen LogP contribution in [0.1, 0.15) is 44.3 Å². The first-order valence-electron chi connectivity index (χ1n) is 8.79. The van der Waals surface area contributed by atoms with Gasteiger partial charge in [-0.3, -0.25) is 14.9 Å². The number of rotatable bonds is 4. The molecule has 2 aromatic rings. The molecule has 0 bridgehead atoms. The van der Waals surface area contributed by atoms with Crippen LogP contribution in [0, 0.1) is 12.7 Å². The van der Waals surface area contributed by atoms with Crippen LogP contribution < -0.4 is 5.32 Å². The number of hydrogen-bond acceptors (Lipinski definition) is 4. The van der Waals surface area contributed by atoms with E-state index in [1.54, 1.807) is 13.0 Å². The second-order valence-corrected chi connectivity index (χ2v) is 7.17. The van der Waals surface area contributed by atoms with Crippen LogP contribution in [0.25, 0.3) is 6.08 Å². The Morgan fingerprint density at radius 1 is 1.29 bits per heavy atom. The Morgan fingerprint density at radius 2 is 2.04 bits per heavy atom. The summed E-state index contributed by atoms with van der Waals surface area (Å²) in [5, 5.41) is 11.6. The molecule has 3 rings (SSSR count). The van der Waals surface area contributed by atoms with Crippen molar-refractivity contribution in [1.82, 2.24) is 10.2 Å². The van der Waals surface area contributed by atoms with Gasteiger partial charge >= 0.3 is 0 Å². The minimum Gasteiger partial charge on any atom is -0.394 e. The molecule has 0 unspecified atom stereocenters. The van der Waals surface area contributed by atoms with Gasteiger partial charge in [-0.25, -0.2) is 4.39 Å². The summed E-state index contributed by atoms with van der Waals surface area (Å²) < 4.78 is 13.6. The number of aliphatic hydroxyl groups is 1. The fourth-order valence-electron chi connectivity index (χ4n) is 3.10. The summed E-state index contributed by atoms with van der Waals surface area (Å²) in [4.78, 5) is 27.1. The fraction of sp³-hybridized carbons (Fsp3) is 0.238. The lowest BCUT2D eigenvalue weighted by molar-refractivity contribution is 0.0848.